The van der Waals surface area contributed by atoms with Gasteiger partial charge in [-0.05, 0) is 18.1 Å². The first-order valence-electron chi connectivity index (χ1n) is 9.38. The van der Waals surface area contributed by atoms with Gasteiger partial charge in [-0.1, -0.05) is 42.5 Å². The Labute approximate surface area is 156 Å². The molecule has 0 N–H and O–H groups in total. The lowest BCUT2D eigenvalue weighted by atomic mass is 10.2. The van der Waals surface area contributed by atoms with E-state index < -0.39 is 0 Å². The molecule has 4 nitrogen and oxygen atoms in total. The second-order valence-corrected chi connectivity index (χ2v) is 6.86. The van der Waals surface area contributed by atoms with Crippen LogP contribution in [0.15, 0.2) is 60.9 Å². The highest BCUT2D eigenvalue weighted by Crippen LogP contribution is 2.06. The van der Waals surface area contributed by atoms with Gasteiger partial charge in [-0.25, -0.2) is 4.57 Å². The predicted octanol–water partition coefficient (Wildman–Crippen LogP) is 2.53. The molecule has 0 unspecified atom stereocenters. The Hall–Kier alpha value is -2.46. The van der Waals surface area contributed by atoms with Crippen LogP contribution in [0.3, 0.4) is 0 Å². The van der Waals surface area contributed by atoms with Gasteiger partial charge in [-0.3, -0.25) is 9.69 Å². The molecule has 0 spiro atoms. The molecule has 2 heterocycles. The van der Waals surface area contributed by atoms with Gasteiger partial charge in [0, 0.05) is 44.9 Å². The molecule has 0 aliphatic carbocycles. The van der Waals surface area contributed by atoms with E-state index in [1.807, 2.05) is 23.4 Å². The van der Waals surface area contributed by atoms with Crippen molar-refractivity contribution in [2.24, 2.45) is 0 Å². The van der Waals surface area contributed by atoms with Gasteiger partial charge in [0.05, 0.1) is 6.42 Å². The van der Waals surface area contributed by atoms with Gasteiger partial charge < -0.3 is 4.90 Å². The second kappa shape index (κ2) is 9.30. The number of carbonyl (C=O) groups excluding carboxylic acids is 1. The highest BCUT2D eigenvalue weighted by Gasteiger charge is 2.21. The van der Waals surface area contributed by atoms with E-state index in [1.54, 1.807) is 0 Å². The van der Waals surface area contributed by atoms with Crippen LogP contribution in [0.1, 0.15) is 17.5 Å². The highest BCUT2D eigenvalue weighted by molar-refractivity contribution is 5.76. The number of benzene rings is 1. The highest BCUT2D eigenvalue weighted by atomic mass is 16.2. The number of amides is 1. The van der Waals surface area contributed by atoms with E-state index in [-0.39, 0.29) is 5.91 Å². The Morgan fingerprint density at radius 1 is 1.04 bits per heavy atom. The van der Waals surface area contributed by atoms with E-state index >= 15 is 0 Å². The Morgan fingerprint density at radius 3 is 2.42 bits per heavy atom. The summed E-state index contributed by atoms with van der Waals surface area (Å²) >= 11 is 0. The fourth-order valence-corrected chi connectivity index (χ4v) is 3.15. The van der Waals surface area contributed by atoms with E-state index in [9.17, 15) is 4.79 Å². The molecule has 0 bridgehead atoms. The van der Waals surface area contributed by atoms with Crippen LogP contribution in [0, 0.1) is 6.92 Å². The van der Waals surface area contributed by atoms with Gasteiger partial charge in [0.15, 0.2) is 18.9 Å². The minimum absolute atomic E-state index is 0.262. The molecule has 4 heteroatoms. The molecule has 0 atom stereocenters. The molecule has 1 aliphatic rings. The molecule has 1 fully saturated rings. The summed E-state index contributed by atoms with van der Waals surface area (Å²) in [5.74, 6) is 0.262. The lowest BCUT2D eigenvalue weighted by molar-refractivity contribution is -0.696. The molecule has 1 saturated heterocycles. The molecule has 0 saturated carbocycles. The summed E-state index contributed by atoms with van der Waals surface area (Å²) in [5, 5.41) is 0. The number of aryl methyl sites for hydroxylation is 2. The van der Waals surface area contributed by atoms with Crippen molar-refractivity contribution in [2.45, 2.75) is 19.9 Å². The van der Waals surface area contributed by atoms with E-state index in [0.29, 0.717) is 6.42 Å². The third-order valence-corrected chi connectivity index (χ3v) is 4.84. The molecule has 1 amide bonds. The topological polar surface area (TPSA) is 27.4 Å². The number of nitrogens with zero attached hydrogens (tertiary/aromatic N) is 3. The fraction of sp³-hybridized carbons (Fsp3) is 0.364. The molecular weight excluding hydrogens is 322 g/mol. The molecule has 1 aliphatic heterocycles. The number of hydrogen-bond donors (Lipinski definition) is 0. The summed E-state index contributed by atoms with van der Waals surface area (Å²) < 4.78 is 2.08. The number of piperazine rings is 1. The van der Waals surface area contributed by atoms with Crippen molar-refractivity contribution < 1.29 is 9.36 Å². The Balaban J connectivity index is 1.38. The average Bonchev–Trinajstić information content (AvgIpc) is 2.69. The van der Waals surface area contributed by atoms with E-state index in [1.165, 1.54) is 11.1 Å². The fourth-order valence-electron chi connectivity index (χ4n) is 3.15. The number of aromatic nitrogens is 1. The normalized spacial score (nSPS) is 15.5. The quantitative estimate of drug-likeness (QED) is 0.749. The van der Waals surface area contributed by atoms with Crippen molar-refractivity contribution >= 4 is 12.0 Å². The van der Waals surface area contributed by atoms with Crippen LogP contribution in [0.25, 0.3) is 6.08 Å². The number of rotatable bonds is 6. The number of carbonyl (C=O) groups is 1. The Morgan fingerprint density at radius 2 is 1.73 bits per heavy atom. The van der Waals surface area contributed by atoms with E-state index in [0.717, 1.165) is 39.3 Å². The first kappa shape index (κ1) is 18.3. The third kappa shape index (κ3) is 5.53. The number of pyridine rings is 1. The van der Waals surface area contributed by atoms with Crippen molar-refractivity contribution in [3.05, 3.63) is 72.1 Å². The summed E-state index contributed by atoms with van der Waals surface area (Å²) in [6.45, 7) is 7.32. The van der Waals surface area contributed by atoms with Crippen molar-refractivity contribution in [2.75, 3.05) is 32.7 Å². The maximum absolute atomic E-state index is 12.4. The zero-order valence-electron chi connectivity index (χ0n) is 15.6. The molecule has 2 aromatic rings. The van der Waals surface area contributed by atoms with Crippen LogP contribution >= 0.6 is 0 Å². The van der Waals surface area contributed by atoms with Crippen LogP contribution in [-0.2, 0) is 11.3 Å². The average molecular weight is 350 g/mol. The van der Waals surface area contributed by atoms with Gasteiger partial charge in [-0.2, -0.15) is 0 Å². The van der Waals surface area contributed by atoms with Crippen molar-refractivity contribution in [1.82, 2.24) is 9.80 Å². The zero-order valence-corrected chi connectivity index (χ0v) is 15.6. The Kier molecular flexibility index (Phi) is 6.56. The van der Waals surface area contributed by atoms with E-state index in [4.69, 9.17) is 0 Å². The maximum Gasteiger partial charge on any atom is 0.229 e. The molecule has 1 aromatic carbocycles. The molecule has 0 radical (unpaired) electrons. The zero-order chi connectivity index (χ0) is 18.2. The first-order chi connectivity index (χ1) is 12.7. The first-order valence-corrected chi connectivity index (χ1v) is 9.38. The van der Waals surface area contributed by atoms with Gasteiger partial charge in [-0.15, -0.1) is 0 Å². The SMILES string of the molecule is Cc1cc[n+](CCC(=O)N2CCN(C/C=C/c3ccccc3)CC2)cc1. The minimum atomic E-state index is 0.262. The lowest BCUT2D eigenvalue weighted by Crippen LogP contribution is -2.49. The van der Waals surface area contributed by atoms with Crippen molar-refractivity contribution in [1.29, 1.82) is 0 Å². The molecule has 1 aromatic heterocycles. The van der Waals surface area contributed by atoms with Crippen LogP contribution < -0.4 is 4.57 Å². The molecule has 136 valence electrons. The standard InChI is InChI=1S/C22H28N3O/c1-20-9-13-24(14-10-20)15-11-22(26)25-18-16-23(17-19-25)12-5-8-21-6-3-2-4-7-21/h2-10,13-14H,11-12,15-19H2,1H3/q+1/b8-5+. The van der Waals surface area contributed by atoms with E-state index in [2.05, 4.69) is 64.9 Å². The van der Waals surface area contributed by atoms with Crippen molar-refractivity contribution in [3.8, 4) is 0 Å². The third-order valence-electron chi connectivity index (χ3n) is 4.84. The smallest absolute Gasteiger partial charge is 0.229 e. The molecule has 26 heavy (non-hydrogen) atoms. The molecule has 3 rings (SSSR count). The monoisotopic (exact) mass is 350 g/mol. The lowest BCUT2D eigenvalue weighted by Gasteiger charge is -2.34. The van der Waals surface area contributed by atoms with Crippen LogP contribution in [0.5, 0.6) is 0 Å². The van der Waals surface area contributed by atoms with Crippen LogP contribution in [0.4, 0.5) is 0 Å². The summed E-state index contributed by atoms with van der Waals surface area (Å²) in [6, 6.07) is 14.5. The van der Waals surface area contributed by atoms with Gasteiger partial charge >= 0.3 is 0 Å². The van der Waals surface area contributed by atoms with Crippen molar-refractivity contribution in [3.63, 3.8) is 0 Å². The minimum Gasteiger partial charge on any atom is -0.340 e. The molecular formula is C22H28N3O+. The summed E-state index contributed by atoms with van der Waals surface area (Å²) in [7, 11) is 0. The second-order valence-electron chi connectivity index (χ2n) is 6.86. The van der Waals surface area contributed by atoms with Gasteiger partial charge in [0.2, 0.25) is 5.91 Å². The number of hydrogen-bond acceptors (Lipinski definition) is 2. The summed E-state index contributed by atoms with van der Waals surface area (Å²) in [4.78, 5) is 16.8. The maximum atomic E-state index is 12.4. The summed E-state index contributed by atoms with van der Waals surface area (Å²) in [6.07, 6.45) is 9.03. The van der Waals surface area contributed by atoms with Crippen LogP contribution in [0.2, 0.25) is 0 Å². The largest absolute Gasteiger partial charge is 0.340 e. The van der Waals surface area contributed by atoms with Gasteiger partial charge in [0.1, 0.15) is 0 Å². The van der Waals surface area contributed by atoms with Gasteiger partial charge in [0.25, 0.3) is 0 Å². The van der Waals surface area contributed by atoms with Crippen LogP contribution in [-0.4, -0.2) is 48.4 Å². The predicted molar refractivity (Wildman–Crippen MR) is 104 cm³/mol. The Bertz CT molecular complexity index is 717. The summed E-state index contributed by atoms with van der Waals surface area (Å²) in [5.41, 5.74) is 2.47.